The summed E-state index contributed by atoms with van der Waals surface area (Å²) in [5.74, 6) is 0.278. The van der Waals surface area contributed by atoms with Crippen molar-refractivity contribution in [3.05, 3.63) is 24.3 Å². The van der Waals surface area contributed by atoms with Gasteiger partial charge in [0, 0.05) is 18.5 Å². The number of carbonyl (C=O) groups excluding carboxylic acids is 2. The van der Waals surface area contributed by atoms with E-state index in [1.165, 1.54) is 0 Å². The minimum absolute atomic E-state index is 0.0316. The fraction of sp³-hybridized carbons (Fsp3) is 0.579. The molecule has 1 aromatic carbocycles. The first-order chi connectivity index (χ1) is 11.6. The second-order valence-electron chi connectivity index (χ2n) is 6.89. The van der Waals surface area contributed by atoms with E-state index in [1.54, 1.807) is 0 Å². The smallest absolute Gasteiger partial charge is 0.247 e. The van der Waals surface area contributed by atoms with Crippen LogP contribution in [0.5, 0.6) is 0 Å². The Labute approximate surface area is 143 Å². The summed E-state index contributed by atoms with van der Waals surface area (Å²) in [4.78, 5) is 27.1. The van der Waals surface area contributed by atoms with Crippen molar-refractivity contribution >= 4 is 23.2 Å². The number of benzene rings is 1. The lowest BCUT2D eigenvalue weighted by Crippen LogP contribution is -2.44. The maximum Gasteiger partial charge on any atom is 0.247 e. The summed E-state index contributed by atoms with van der Waals surface area (Å²) in [7, 11) is 0. The fourth-order valence-corrected chi connectivity index (χ4v) is 3.92. The third-order valence-electron chi connectivity index (χ3n) is 5.07. The first-order valence-corrected chi connectivity index (χ1v) is 9.11. The van der Waals surface area contributed by atoms with Crippen molar-refractivity contribution in [2.45, 2.75) is 58.0 Å². The van der Waals surface area contributed by atoms with Crippen LogP contribution in [0, 0.1) is 5.92 Å². The molecule has 5 heteroatoms. The van der Waals surface area contributed by atoms with Crippen molar-refractivity contribution in [2.75, 3.05) is 16.8 Å². The molecule has 0 aromatic heterocycles. The second-order valence-corrected chi connectivity index (χ2v) is 6.89. The van der Waals surface area contributed by atoms with Gasteiger partial charge in [0.25, 0.3) is 0 Å². The van der Waals surface area contributed by atoms with Crippen LogP contribution >= 0.6 is 0 Å². The molecule has 3 rings (SSSR count). The van der Waals surface area contributed by atoms with Crippen molar-refractivity contribution < 1.29 is 9.59 Å². The molecule has 1 aromatic rings. The molecule has 24 heavy (non-hydrogen) atoms. The topological polar surface area (TPSA) is 61.4 Å². The molecule has 1 saturated heterocycles. The number of fused-ring (bicyclic) bond motifs is 3. The van der Waals surface area contributed by atoms with Crippen molar-refractivity contribution in [3.8, 4) is 0 Å². The largest absolute Gasteiger partial charge is 0.356 e. The van der Waals surface area contributed by atoms with Crippen molar-refractivity contribution in [2.24, 2.45) is 5.92 Å². The average Bonchev–Trinajstić information content (AvgIpc) is 2.99. The highest BCUT2D eigenvalue weighted by Crippen LogP contribution is 2.36. The van der Waals surface area contributed by atoms with Crippen molar-refractivity contribution in [3.63, 3.8) is 0 Å². The summed E-state index contributed by atoms with van der Waals surface area (Å²) in [6, 6.07) is 7.72. The molecule has 2 atom stereocenters. The van der Waals surface area contributed by atoms with E-state index in [1.807, 2.05) is 24.3 Å². The minimum Gasteiger partial charge on any atom is -0.356 e. The third kappa shape index (κ3) is 3.25. The maximum atomic E-state index is 12.6. The quantitative estimate of drug-likeness (QED) is 0.843. The summed E-state index contributed by atoms with van der Waals surface area (Å²) in [5.41, 5.74) is 1.91. The van der Waals surface area contributed by atoms with E-state index >= 15 is 0 Å². The molecule has 5 nitrogen and oxygen atoms in total. The monoisotopic (exact) mass is 329 g/mol. The van der Waals surface area contributed by atoms with Crippen LogP contribution in [0.4, 0.5) is 11.4 Å². The Morgan fingerprint density at radius 3 is 2.71 bits per heavy atom. The molecule has 2 heterocycles. The molecule has 0 spiro atoms. The van der Waals surface area contributed by atoms with E-state index in [0.29, 0.717) is 13.0 Å². The van der Waals surface area contributed by atoms with Gasteiger partial charge in [0.15, 0.2) is 0 Å². The molecule has 1 fully saturated rings. The summed E-state index contributed by atoms with van der Waals surface area (Å²) in [6.45, 7) is 4.94. The number of nitrogens with zero attached hydrogens (tertiary/aromatic N) is 1. The summed E-state index contributed by atoms with van der Waals surface area (Å²) in [5, 5.41) is 6.17. The number of anilines is 2. The van der Waals surface area contributed by atoms with Crippen LogP contribution in [0.3, 0.4) is 0 Å². The Kier molecular flexibility index (Phi) is 5.07. The molecule has 0 saturated carbocycles. The molecule has 2 aliphatic heterocycles. The van der Waals surface area contributed by atoms with Gasteiger partial charge < -0.3 is 15.5 Å². The normalized spacial score (nSPS) is 22.1. The lowest BCUT2D eigenvalue weighted by molar-refractivity contribution is -0.126. The maximum absolute atomic E-state index is 12.6. The molecular weight excluding hydrogens is 302 g/mol. The van der Waals surface area contributed by atoms with Gasteiger partial charge in [0.1, 0.15) is 6.04 Å². The van der Waals surface area contributed by atoms with Gasteiger partial charge in [-0.2, -0.15) is 0 Å². The van der Waals surface area contributed by atoms with Crippen LogP contribution in [-0.4, -0.2) is 30.4 Å². The predicted molar refractivity (Wildman–Crippen MR) is 96.1 cm³/mol. The highest BCUT2D eigenvalue weighted by atomic mass is 16.2. The number of hydrogen-bond donors (Lipinski definition) is 2. The molecule has 130 valence electrons. The van der Waals surface area contributed by atoms with Crippen LogP contribution in [0.1, 0.15) is 46.0 Å². The van der Waals surface area contributed by atoms with Crippen LogP contribution in [-0.2, 0) is 9.59 Å². The molecule has 2 unspecified atom stereocenters. The molecule has 0 bridgehead atoms. The van der Waals surface area contributed by atoms with Crippen molar-refractivity contribution in [1.82, 2.24) is 5.32 Å². The van der Waals surface area contributed by atoms with E-state index < -0.39 is 0 Å². The predicted octanol–water partition coefficient (Wildman–Crippen LogP) is 2.92. The molecule has 2 N–H and O–H groups in total. The van der Waals surface area contributed by atoms with E-state index in [4.69, 9.17) is 0 Å². The van der Waals surface area contributed by atoms with E-state index in [9.17, 15) is 9.59 Å². The van der Waals surface area contributed by atoms with Gasteiger partial charge >= 0.3 is 0 Å². The zero-order valence-corrected chi connectivity index (χ0v) is 14.5. The first-order valence-electron chi connectivity index (χ1n) is 9.11. The van der Waals surface area contributed by atoms with Gasteiger partial charge in [-0.05, 0) is 31.4 Å². The third-order valence-corrected chi connectivity index (χ3v) is 5.07. The lowest BCUT2D eigenvalue weighted by atomic mass is 9.97. The van der Waals surface area contributed by atoms with E-state index in [0.717, 1.165) is 37.1 Å². The van der Waals surface area contributed by atoms with Crippen LogP contribution in [0.25, 0.3) is 0 Å². The van der Waals surface area contributed by atoms with E-state index in [-0.39, 0.29) is 29.8 Å². The standard InChI is InChI=1S/C19H27N3O2/c1-3-7-13(8-4-2)18(23)20-14-11-17-19(24)21-15-9-5-6-10-16(15)22(17)12-14/h5-6,9-10,13-14,17H,3-4,7-8,11-12H2,1-2H3,(H,20,23)(H,21,24). The van der Waals surface area contributed by atoms with Crippen LogP contribution < -0.4 is 15.5 Å². The number of hydrogen-bond acceptors (Lipinski definition) is 3. The molecule has 0 aliphatic carbocycles. The van der Waals surface area contributed by atoms with Gasteiger partial charge in [-0.15, -0.1) is 0 Å². The minimum atomic E-state index is -0.180. The number of carbonyl (C=O) groups is 2. The lowest BCUT2D eigenvalue weighted by Gasteiger charge is -2.32. The fourth-order valence-electron chi connectivity index (χ4n) is 3.92. The number of amides is 2. The van der Waals surface area contributed by atoms with Gasteiger partial charge in [0.2, 0.25) is 11.8 Å². The summed E-state index contributed by atoms with van der Waals surface area (Å²) < 4.78 is 0. The molecule has 2 amide bonds. The number of para-hydroxylation sites is 2. The van der Waals surface area contributed by atoms with Gasteiger partial charge in [-0.1, -0.05) is 38.8 Å². The van der Waals surface area contributed by atoms with Crippen LogP contribution in [0.15, 0.2) is 24.3 Å². The van der Waals surface area contributed by atoms with Gasteiger partial charge in [-0.25, -0.2) is 0 Å². The first kappa shape index (κ1) is 16.8. The Morgan fingerprint density at radius 2 is 2.00 bits per heavy atom. The Morgan fingerprint density at radius 1 is 1.29 bits per heavy atom. The van der Waals surface area contributed by atoms with Crippen molar-refractivity contribution in [1.29, 1.82) is 0 Å². The van der Waals surface area contributed by atoms with E-state index in [2.05, 4.69) is 29.4 Å². The highest BCUT2D eigenvalue weighted by molar-refractivity contribution is 6.04. The summed E-state index contributed by atoms with van der Waals surface area (Å²) in [6.07, 6.45) is 4.59. The highest BCUT2D eigenvalue weighted by Gasteiger charge is 2.41. The number of rotatable bonds is 6. The second kappa shape index (κ2) is 7.24. The van der Waals surface area contributed by atoms with Gasteiger partial charge in [-0.3, -0.25) is 9.59 Å². The Hall–Kier alpha value is -2.04. The molecular formula is C19H27N3O2. The zero-order valence-electron chi connectivity index (χ0n) is 14.5. The number of nitrogens with one attached hydrogen (secondary N) is 2. The Balaban J connectivity index is 1.69. The Bertz CT molecular complexity index is 610. The van der Waals surface area contributed by atoms with Gasteiger partial charge in [0.05, 0.1) is 11.4 Å². The molecule has 2 aliphatic rings. The molecule has 0 radical (unpaired) electrons. The van der Waals surface area contributed by atoms with Crippen LogP contribution in [0.2, 0.25) is 0 Å². The zero-order chi connectivity index (χ0) is 17.1. The summed E-state index contributed by atoms with van der Waals surface area (Å²) >= 11 is 0. The average molecular weight is 329 g/mol. The SMILES string of the molecule is CCCC(CCC)C(=O)NC1CC2C(=O)Nc3ccccc3N2C1.